The van der Waals surface area contributed by atoms with Crippen LogP contribution >= 0.6 is 11.3 Å². The van der Waals surface area contributed by atoms with Gasteiger partial charge < -0.3 is 19.6 Å². The van der Waals surface area contributed by atoms with Gasteiger partial charge in [0.1, 0.15) is 16.5 Å². The second-order valence-corrected chi connectivity index (χ2v) is 14.7. The predicted octanol–water partition coefficient (Wildman–Crippen LogP) is 4.47. The summed E-state index contributed by atoms with van der Waals surface area (Å²) >= 11 is 1.21. The van der Waals surface area contributed by atoms with E-state index < -0.39 is 21.2 Å². The molecule has 0 spiro atoms. The van der Waals surface area contributed by atoms with E-state index in [2.05, 4.69) is 24.8 Å². The van der Waals surface area contributed by atoms with Gasteiger partial charge in [-0.25, -0.2) is 18.2 Å². The van der Waals surface area contributed by atoms with Crippen LogP contribution in [0.25, 0.3) is 0 Å². The molecule has 2 aromatic heterocycles. The minimum atomic E-state index is -3.42. The molecule has 4 heterocycles. The van der Waals surface area contributed by atoms with Crippen molar-refractivity contribution in [2.24, 2.45) is 5.92 Å². The van der Waals surface area contributed by atoms with Crippen LogP contribution in [0.3, 0.4) is 0 Å². The first-order valence-corrected chi connectivity index (χ1v) is 17.5. The van der Waals surface area contributed by atoms with Crippen molar-refractivity contribution in [1.29, 1.82) is 0 Å². The van der Waals surface area contributed by atoms with Crippen LogP contribution in [-0.2, 0) is 27.7 Å². The predicted molar refractivity (Wildman–Crippen MR) is 174 cm³/mol. The van der Waals surface area contributed by atoms with Crippen molar-refractivity contribution < 1.29 is 23.1 Å². The number of thiazole rings is 1. The second kappa shape index (κ2) is 13.7. The average Bonchev–Trinajstić information content (AvgIpc) is 3.37. The highest BCUT2D eigenvalue weighted by atomic mass is 32.2. The third-order valence-corrected chi connectivity index (χ3v) is 10.8. The molecule has 0 saturated carbocycles. The molecule has 0 atom stereocenters. The summed E-state index contributed by atoms with van der Waals surface area (Å²) < 4.78 is 32.4. The number of carbonyl (C=O) groups is 1. The Morgan fingerprint density at radius 1 is 1.11 bits per heavy atom. The number of benzene rings is 1. The fourth-order valence-electron chi connectivity index (χ4n) is 5.41. The molecule has 1 fully saturated rings. The maximum Gasteiger partial charge on any atom is 0.350 e. The van der Waals surface area contributed by atoms with Gasteiger partial charge in [0.05, 0.1) is 17.6 Å². The number of rotatable bonds is 11. The Bertz CT molecular complexity index is 1570. The minimum absolute atomic E-state index is 0.195. The summed E-state index contributed by atoms with van der Waals surface area (Å²) in [5.41, 5.74) is 3.23. The number of fused-ring (bicyclic) bond motifs is 1. The minimum Gasteiger partial charge on any atom is -0.462 e. The van der Waals surface area contributed by atoms with E-state index >= 15 is 0 Å². The smallest absolute Gasteiger partial charge is 0.350 e. The van der Waals surface area contributed by atoms with Crippen LogP contribution in [0, 0.1) is 12.8 Å². The standard InChI is InChI=1S/C30H41N7O5S2/c1-5-42-28(39)25-20(4)31-30(43-25)34-29-32-26(36-15-12-22(18-38)13-16-36)24-7-6-14-37(27(24)33-29)17-21-8-10-23(11-9-21)35-44(40,41)19(2)3/h8-11,19,22,35,38H,5-7,12-18H2,1-4H3,(H,31,32,33,34). The van der Waals surface area contributed by atoms with Crippen molar-refractivity contribution in [2.75, 3.05) is 52.7 Å². The topological polar surface area (TPSA) is 150 Å². The summed E-state index contributed by atoms with van der Waals surface area (Å²) in [6.45, 7) is 10.3. The molecule has 12 nitrogen and oxygen atoms in total. The number of piperidine rings is 1. The molecule has 0 unspecified atom stereocenters. The molecule has 2 aliphatic rings. The van der Waals surface area contributed by atoms with Gasteiger partial charge in [-0.3, -0.25) is 10.0 Å². The van der Waals surface area contributed by atoms with E-state index in [0.29, 0.717) is 39.8 Å². The van der Waals surface area contributed by atoms with Crippen molar-refractivity contribution in [3.05, 3.63) is 46.0 Å². The fourth-order valence-corrected chi connectivity index (χ4v) is 6.96. The zero-order valence-corrected chi connectivity index (χ0v) is 27.3. The van der Waals surface area contributed by atoms with Crippen molar-refractivity contribution in [3.8, 4) is 0 Å². The van der Waals surface area contributed by atoms with Crippen molar-refractivity contribution in [3.63, 3.8) is 0 Å². The largest absolute Gasteiger partial charge is 0.462 e. The Kier molecular flexibility index (Phi) is 9.90. The van der Waals surface area contributed by atoms with E-state index in [-0.39, 0.29) is 13.2 Å². The summed E-state index contributed by atoms with van der Waals surface area (Å²) in [5, 5.41) is 12.9. The maximum absolute atomic E-state index is 12.4. The zero-order chi connectivity index (χ0) is 31.4. The van der Waals surface area contributed by atoms with Crippen molar-refractivity contribution in [2.45, 2.75) is 65.2 Å². The Balaban J connectivity index is 1.44. The van der Waals surface area contributed by atoms with Crippen LogP contribution in [-0.4, -0.2) is 72.5 Å². The Hall–Kier alpha value is -3.49. The number of esters is 1. The molecule has 238 valence electrons. The maximum atomic E-state index is 12.4. The molecule has 0 amide bonds. The van der Waals surface area contributed by atoms with Gasteiger partial charge in [0.15, 0.2) is 5.13 Å². The molecular formula is C30H41N7O5S2. The highest BCUT2D eigenvalue weighted by molar-refractivity contribution is 7.93. The van der Waals surface area contributed by atoms with Gasteiger partial charge in [0, 0.05) is 44.0 Å². The van der Waals surface area contributed by atoms with Gasteiger partial charge >= 0.3 is 5.97 Å². The van der Waals surface area contributed by atoms with Crippen LogP contribution in [0.1, 0.15) is 66.5 Å². The average molecular weight is 644 g/mol. The number of aliphatic hydroxyl groups is 1. The van der Waals surface area contributed by atoms with E-state index in [0.717, 1.165) is 68.1 Å². The van der Waals surface area contributed by atoms with E-state index in [4.69, 9.17) is 14.7 Å². The van der Waals surface area contributed by atoms with Gasteiger partial charge in [0.2, 0.25) is 16.0 Å². The van der Waals surface area contributed by atoms with Gasteiger partial charge in [-0.05, 0) is 77.0 Å². The molecule has 0 aliphatic carbocycles. The molecule has 44 heavy (non-hydrogen) atoms. The molecule has 0 bridgehead atoms. The first-order valence-electron chi connectivity index (χ1n) is 15.1. The lowest BCUT2D eigenvalue weighted by atomic mass is 9.97. The zero-order valence-electron chi connectivity index (χ0n) is 25.7. The summed E-state index contributed by atoms with van der Waals surface area (Å²) in [5.74, 6) is 2.03. The Morgan fingerprint density at radius 3 is 2.48 bits per heavy atom. The molecule has 0 radical (unpaired) electrons. The number of hydrogen-bond acceptors (Lipinski definition) is 12. The fraction of sp³-hybridized carbons (Fsp3) is 0.533. The van der Waals surface area contributed by atoms with Gasteiger partial charge in [-0.1, -0.05) is 23.5 Å². The molecular weight excluding hydrogens is 603 g/mol. The lowest BCUT2D eigenvalue weighted by molar-refractivity contribution is 0.0531. The van der Waals surface area contributed by atoms with Gasteiger partial charge in [-0.15, -0.1) is 0 Å². The van der Waals surface area contributed by atoms with E-state index in [1.807, 2.05) is 12.1 Å². The van der Waals surface area contributed by atoms with E-state index in [9.17, 15) is 18.3 Å². The number of aliphatic hydroxyl groups excluding tert-OH is 1. The van der Waals surface area contributed by atoms with Crippen LogP contribution in [0.2, 0.25) is 0 Å². The molecule has 2 aliphatic heterocycles. The molecule has 3 N–H and O–H groups in total. The molecule has 1 aromatic carbocycles. The van der Waals surface area contributed by atoms with Crippen LogP contribution in [0.4, 0.5) is 28.4 Å². The normalized spacial score (nSPS) is 15.8. The van der Waals surface area contributed by atoms with Gasteiger partial charge in [0.25, 0.3) is 0 Å². The van der Waals surface area contributed by atoms with Crippen LogP contribution in [0.15, 0.2) is 24.3 Å². The number of aryl methyl sites for hydroxylation is 1. The quantitative estimate of drug-likeness (QED) is 0.254. The molecule has 5 rings (SSSR count). The van der Waals surface area contributed by atoms with Crippen molar-refractivity contribution >= 4 is 55.7 Å². The second-order valence-electron chi connectivity index (χ2n) is 11.5. The third kappa shape index (κ3) is 7.24. The Labute approximate surface area is 262 Å². The number of anilines is 5. The summed E-state index contributed by atoms with van der Waals surface area (Å²) in [7, 11) is -3.42. The summed E-state index contributed by atoms with van der Waals surface area (Å²) in [6, 6.07) is 7.44. The number of nitrogens with zero attached hydrogens (tertiary/aromatic N) is 5. The highest BCUT2D eigenvalue weighted by Crippen LogP contribution is 2.37. The SMILES string of the molecule is CCOC(=O)c1sc(Nc2nc(N3CCC(CO)CC3)c3c(n2)N(Cc2ccc(NS(=O)(=O)C(C)C)cc2)CCC3)nc1C. The van der Waals surface area contributed by atoms with Crippen LogP contribution in [0.5, 0.6) is 0 Å². The van der Waals surface area contributed by atoms with Gasteiger partial charge in [-0.2, -0.15) is 9.97 Å². The van der Waals surface area contributed by atoms with E-state index in [1.54, 1.807) is 39.8 Å². The first kappa shape index (κ1) is 31.9. The number of aromatic nitrogens is 3. The summed E-state index contributed by atoms with van der Waals surface area (Å²) in [6.07, 6.45) is 3.58. The van der Waals surface area contributed by atoms with Crippen molar-refractivity contribution in [1.82, 2.24) is 15.0 Å². The monoisotopic (exact) mass is 643 g/mol. The number of ether oxygens (including phenoxy) is 1. The third-order valence-electron chi connectivity index (χ3n) is 7.97. The van der Waals surface area contributed by atoms with Crippen LogP contribution < -0.4 is 19.8 Å². The molecule has 3 aromatic rings. The number of sulfonamides is 1. The number of hydrogen-bond donors (Lipinski definition) is 3. The lowest BCUT2D eigenvalue weighted by Gasteiger charge is -2.37. The lowest BCUT2D eigenvalue weighted by Crippen LogP contribution is -2.38. The molecule has 14 heteroatoms. The highest BCUT2D eigenvalue weighted by Gasteiger charge is 2.29. The number of nitrogens with one attached hydrogen (secondary N) is 2. The molecule has 1 saturated heterocycles. The summed E-state index contributed by atoms with van der Waals surface area (Å²) in [4.78, 5) is 31.9. The number of carbonyl (C=O) groups excluding carboxylic acids is 1. The van der Waals surface area contributed by atoms with E-state index in [1.165, 1.54) is 11.3 Å². The first-order chi connectivity index (χ1) is 21.1. The Morgan fingerprint density at radius 2 is 1.82 bits per heavy atom.